The maximum absolute atomic E-state index is 11.6. The smallest absolute Gasteiger partial charge is 0.258 e. The molecule has 2 amide bonds. The first-order valence-corrected chi connectivity index (χ1v) is 6.86. The highest BCUT2D eigenvalue weighted by Gasteiger charge is 2.08. The molecule has 0 aliphatic heterocycles. The molecule has 1 heterocycles. The summed E-state index contributed by atoms with van der Waals surface area (Å²) in [5.74, 6) is 0.159. The summed E-state index contributed by atoms with van der Waals surface area (Å²) in [4.78, 5) is 23.2. The van der Waals surface area contributed by atoms with Gasteiger partial charge in [0.05, 0.1) is 24.9 Å². The Morgan fingerprint density at radius 2 is 1.96 bits per heavy atom. The van der Waals surface area contributed by atoms with Crippen molar-refractivity contribution in [2.45, 2.75) is 6.54 Å². The number of benzene rings is 1. The van der Waals surface area contributed by atoms with Gasteiger partial charge < -0.3 is 19.8 Å². The van der Waals surface area contributed by atoms with Crippen LogP contribution in [0.3, 0.4) is 0 Å². The molecule has 0 bridgehead atoms. The molecule has 1 aromatic heterocycles. The fourth-order valence-corrected chi connectivity index (χ4v) is 1.72. The Morgan fingerprint density at radius 3 is 2.70 bits per heavy atom. The van der Waals surface area contributed by atoms with E-state index < -0.39 is 5.91 Å². The van der Waals surface area contributed by atoms with Crippen LogP contribution in [0, 0.1) is 11.3 Å². The number of carbonyl (C=O) groups is 2. The second kappa shape index (κ2) is 8.24. The predicted molar refractivity (Wildman–Crippen MR) is 80.2 cm³/mol. The Balaban J connectivity index is 1.68. The average Bonchev–Trinajstić information content (AvgIpc) is 3.10. The molecule has 0 aliphatic carbocycles. The molecular weight excluding hydrogens is 298 g/mol. The predicted octanol–water partition coefficient (Wildman–Crippen LogP) is 0.963. The standard InChI is InChI=1S/C16H15N3O4/c17-8-12-4-1-2-6-14(12)23-11-16(21)19-10-15(20)18-9-13-5-3-7-22-13/h1-7H,9-11H2,(H,18,20)(H,19,21). The van der Waals surface area contributed by atoms with Crippen molar-refractivity contribution in [1.82, 2.24) is 10.6 Å². The van der Waals surface area contributed by atoms with Crippen LogP contribution in [0.4, 0.5) is 0 Å². The number of nitrogens with one attached hydrogen (secondary N) is 2. The minimum atomic E-state index is -0.453. The number of nitrogens with zero attached hydrogens (tertiary/aromatic N) is 1. The monoisotopic (exact) mass is 313 g/mol. The Kier molecular flexibility index (Phi) is 5.77. The summed E-state index contributed by atoms with van der Waals surface area (Å²) in [5, 5.41) is 13.9. The summed E-state index contributed by atoms with van der Waals surface area (Å²) in [6.45, 7) is -0.180. The van der Waals surface area contributed by atoms with E-state index in [9.17, 15) is 9.59 Å². The van der Waals surface area contributed by atoms with Crippen LogP contribution in [-0.4, -0.2) is 25.0 Å². The van der Waals surface area contributed by atoms with E-state index >= 15 is 0 Å². The minimum absolute atomic E-state index is 0.164. The first-order chi connectivity index (χ1) is 11.2. The van der Waals surface area contributed by atoms with Gasteiger partial charge >= 0.3 is 0 Å². The Labute approximate surface area is 132 Å². The van der Waals surface area contributed by atoms with Crippen molar-refractivity contribution in [2.24, 2.45) is 0 Å². The van der Waals surface area contributed by atoms with E-state index in [-0.39, 0.29) is 25.6 Å². The quantitative estimate of drug-likeness (QED) is 0.792. The van der Waals surface area contributed by atoms with Gasteiger partial charge in [0, 0.05) is 0 Å². The van der Waals surface area contributed by atoms with Crippen molar-refractivity contribution in [3.05, 3.63) is 54.0 Å². The van der Waals surface area contributed by atoms with Crippen molar-refractivity contribution >= 4 is 11.8 Å². The van der Waals surface area contributed by atoms with Crippen molar-refractivity contribution in [1.29, 1.82) is 5.26 Å². The van der Waals surface area contributed by atoms with Gasteiger partial charge in [-0.1, -0.05) is 12.1 Å². The van der Waals surface area contributed by atoms with Gasteiger partial charge in [-0.3, -0.25) is 9.59 Å². The molecule has 2 N–H and O–H groups in total. The average molecular weight is 313 g/mol. The van der Waals surface area contributed by atoms with Crippen molar-refractivity contribution in [3.63, 3.8) is 0 Å². The van der Waals surface area contributed by atoms with Crippen molar-refractivity contribution in [2.75, 3.05) is 13.2 Å². The lowest BCUT2D eigenvalue weighted by Crippen LogP contribution is -2.38. The highest BCUT2D eigenvalue weighted by atomic mass is 16.5. The van der Waals surface area contributed by atoms with E-state index in [1.165, 1.54) is 6.26 Å². The first-order valence-electron chi connectivity index (χ1n) is 6.86. The van der Waals surface area contributed by atoms with Gasteiger partial charge in [-0.2, -0.15) is 5.26 Å². The van der Waals surface area contributed by atoms with Crippen LogP contribution in [-0.2, 0) is 16.1 Å². The van der Waals surface area contributed by atoms with Crippen LogP contribution in [0.1, 0.15) is 11.3 Å². The summed E-state index contributed by atoms with van der Waals surface area (Å²) in [7, 11) is 0. The van der Waals surface area contributed by atoms with E-state index in [1.807, 2.05) is 6.07 Å². The Hall–Kier alpha value is -3.27. The molecule has 1 aromatic carbocycles. The molecule has 0 unspecified atom stereocenters. The van der Waals surface area contributed by atoms with Gasteiger partial charge in [-0.05, 0) is 24.3 Å². The molecule has 0 fully saturated rings. The SMILES string of the molecule is N#Cc1ccccc1OCC(=O)NCC(=O)NCc1ccco1. The lowest BCUT2D eigenvalue weighted by Gasteiger charge is -2.08. The number of amides is 2. The van der Waals surface area contributed by atoms with Crippen LogP contribution < -0.4 is 15.4 Å². The van der Waals surface area contributed by atoms with Gasteiger partial charge in [-0.25, -0.2) is 0 Å². The molecule has 118 valence electrons. The number of hydrogen-bond donors (Lipinski definition) is 2. The zero-order chi connectivity index (χ0) is 16.5. The molecular formula is C16H15N3O4. The first kappa shape index (κ1) is 16.1. The fraction of sp³-hybridized carbons (Fsp3) is 0.188. The maximum atomic E-state index is 11.6. The van der Waals surface area contributed by atoms with E-state index in [0.29, 0.717) is 17.1 Å². The van der Waals surface area contributed by atoms with Crippen molar-refractivity contribution in [3.8, 4) is 11.8 Å². The molecule has 2 aromatic rings. The van der Waals surface area contributed by atoms with E-state index in [4.69, 9.17) is 14.4 Å². The van der Waals surface area contributed by atoms with Gasteiger partial charge in [0.1, 0.15) is 17.6 Å². The highest BCUT2D eigenvalue weighted by molar-refractivity contribution is 5.85. The molecule has 0 saturated carbocycles. The molecule has 0 spiro atoms. The topological polar surface area (TPSA) is 104 Å². The normalized spacial score (nSPS) is 9.70. The number of furan rings is 1. The van der Waals surface area contributed by atoms with E-state index in [2.05, 4.69) is 10.6 Å². The third-order valence-corrected chi connectivity index (χ3v) is 2.85. The lowest BCUT2D eigenvalue weighted by molar-refractivity contribution is -0.127. The molecule has 0 atom stereocenters. The number of carbonyl (C=O) groups excluding carboxylic acids is 2. The second-order valence-electron chi connectivity index (χ2n) is 4.53. The minimum Gasteiger partial charge on any atom is -0.482 e. The summed E-state index contributed by atoms with van der Waals surface area (Å²) < 4.78 is 10.3. The van der Waals surface area contributed by atoms with Crippen LogP contribution in [0.5, 0.6) is 5.75 Å². The van der Waals surface area contributed by atoms with Gasteiger partial charge in [0.2, 0.25) is 5.91 Å². The van der Waals surface area contributed by atoms with Gasteiger partial charge in [-0.15, -0.1) is 0 Å². The third kappa shape index (κ3) is 5.21. The number of hydrogen-bond acceptors (Lipinski definition) is 5. The lowest BCUT2D eigenvalue weighted by atomic mass is 10.2. The van der Waals surface area contributed by atoms with Gasteiger partial charge in [0.25, 0.3) is 5.91 Å². The van der Waals surface area contributed by atoms with Crippen LogP contribution in [0.2, 0.25) is 0 Å². The summed E-state index contributed by atoms with van der Waals surface area (Å²) in [6, 6.07) is 12.0. The van der Waals surface area contributed by atoms with Crippen molar-refractivity contribution < 1.29 is 18.7 Å². The summed E-state index contributed by atoms with van der Waals surface area (Å²) >= 11 is 0. The largest absolute Gasteiger partial charge is 0.482 e. The number of ether oxygens (including phenoxy) is 1. The molecule has 0 aliphatic rings. The Morgan fingerprint density at radius 1 is 1.13 bits per heavy atom. The second-order valence-corrected chi connectivity index (χ2v) is 4.53. The highest BCUT2D eigenvalue weighted by Crippen LogP contribution is 2.15. The molecule has 7 nitrogen and oxygen atoms in total. The summed E-state index contributed by atoms with van der Waals surface area (Å²) in [6.07, 6.45) is 1.51. The third-order valence-electron chi connectivity index (χ3n) is 2.85. The molecule has 2 rings (SSSR count). The number of nitriles is 1. The van der Waals surface area contributed by atoms with Crippen LogP contribution in [0.25, 0.3) is 0 Å². The van der Waals surface area contributed by atoms with Crippen LogP contribution >= 0.6 is 0 Å². The number of para-hydroxylation sites is 1. The van der Waals surface area contributed by atoms with Gasteiger partial charge in [0.15, 0.2) is 6.61 Å². The maximum Gasteiger partial charge on any atom is 0.258 e. The van der Waals surface area contributed by atoms with E-state index in [0.717, 1.165) is 0 Å². The zero-order valence-corrected chi connectivity index (χ0v) is 12.2. The number of rotatable bonds is 7. The van der Waals surface area contributed by atoms with Crippen LogP contribution in [0.15, 0.2) is 47.1 Å². The Bertz CT molecular complexity index is 704. The molecule has 7 heteroatoms. The summed E-state index contributed by atoms with van der Waals surface area (Å²) in [5.41, 5.74) is 0.344. The zero-order valence-electron chi connectivity index (χ0n) is 12.2. The molecule has 0 saturated heterocycles. The fourth-order valence-electron chi connectivity index (χ4n) is 1.72. The van der Waals surface area contributed by atoms with E-state index in [1.54, 1.807) is 36.4 Å². The molecule has 0 radical (unpaired) electrons. The molecule has 23 heavy (non-hydrogen) atoms.